The average Bonchev–Trinajstić information content (AvgIpc) is 2.54. The quantitative estimate of drug-likeness (QED) is 0.688. The highest BCUT2D eigenvalue weighted by atomic mass is 16.6. The highest BCUT2D eigenvalue weighted by molar-refractivity contribution is 5.68. The van der Waals surface area contributed by atoms with Crippen molar-refractivity contribution in [1.29, 1.82) is 0 Å². The maximum atomic E-state index is 11.5. The topological polar surface area (TPSA) is 50.4 Å². The molecule has 86 valence electrons. The first-order valence-corrected chi connectivity index (χ1v) is 5.62. The van der Waals surface area contributed by atoms with E-state index in [4.69, 9.17) is 4.74 Å². The number of hydrogen-bond acceptors (Lipinski definition) is 3. The summed E-state index contributed by atoms with van der Waals surface area (Å²) in [4.78, 5) is 11.5. The summed E-state index contributed by atoms with van der Waals surface area (Å²) in [7, 11) is 0. The minimum absolute atomic E-state index is 0.281. The number of carbonyl (C=O) groups excluding carboxylic acids is 1. The summed E-state index contributed by atoms with van der Waals surface area (Å²) in [5, 5.41) is 6.28. The molecule has 4 heteroatoms. The van der Waals surface area contributed by atoms with Gasteiger partial charge >= 0.3 is 6.09 Å². The van der Waals surface area contributed by atoms with Gasteiger partial charge in [0.25, 0.3) is 0 Å². The lowest BCUT2D eigenvalue weighted by molar-refractivity contribution is 0.0517. The van der Waals surface area contributed by atoms with Gasteiger partial charge in [-0.15, -0.1) is 0 Å². The summed E-state index contributed by atoms with van der Waals surface area (Å²) >= 11 is 0. The average molecular weight is 212 g/mol. The van der Waals surface area contributed by atoms with Crippen molar-refractivity contribution in [1.82, 2.24) is 10.6 Å². The van der Waals surface area contributed by atoms with Gasteiger partial charge in [-0.25, -0.2) is 4.79 Å². The van der Waals surface area contributed by atoms with Crippen LogP contribution in [-0.4, -0.2) is 30.8 Å². The van der Waals surface area contributed by atoms with Gasteiger partial charge in [-0.1, -0.05) is 0 Å². The fourth-order valence-electron chi connectivity index (χ4n) is 2.24. The van der Waals surface area contributed by atoms with Crippen molar-refractivity contribution in [2.24, 2.45) is 5.41 Å². The number of ether oxygens (including phenoxy) is 1. The predicted octanol–water partition coefficient (Wildman–Crippen LogP) is 1.26. The minimum atomic E-state index is -0.403. The fraction of sp³-hybridized carbons (Fsp3) is 0.909. The Morgan fingerprint density at radius 3 is 2.80 bits per heavy atom. The van der Waals surface area contributed by atoms with E-state index in [1.807, 2.05) is 20.8 Å². The Bertz CT molecular complexity index is 264. The second-order valence-electron chi connectivity index (χ2n) is 5.69. The Labute approximate surface area is 90.8 Å². The lowest BCUT2D eigenvalue weighted by Crippen LogP contribution is -2.36. The second kappa shape index (κ2) is 3.37. The summed E-state index contributed by atoms with van der Waals surface area (Å²) < 4.78 is 5.22. The molecule has 2 rings (SSSR count). The van der Waals surface area contributed by atoms with Crippen LogP contribution in [-0.2, 0) is 4.74 Å². The van der Waals surface area contributed by atoms with Crippen LogP contribution >= 0.6 is 0 Å². The van der Waals surface area contributed by atoms with E-state index in [0.717, 1.165) is 19.5 Å². The Morgan fingerprint density at radius 1 is 1.53 bits per heavy atom. The largest absolute Gasteiger partial charge is 0.444 e. The maximum absolute atomic E-state index is 11.5. The van der Waals surface area contributed by atoms with Crippen molar-refractivity contribution in [2.45, 2.75) is 45.3 Å². The van der Waals surface area contributed by atoms with E-state index in [2.05, 4.69) is 10.6 Å². The highest BCUT2D eigenvalue weighted by Crippen LogP contribution is 2.50. The molecule has 1 saturated heterocycles. The third-order valence-electron chi connectivity index (χ3n) is 3.16. The predicted molar refractivity (Wildman–Crippen MR) is 57.7 cm³/mol. The van der Waals surface area contributed by atoms with Crippen molar-refractivity contribution in [3.63, 3.8) is 0 Å². The van der Waals surface area contributed by atoms with Crippen LogP contribution in [0.25, 0.3) is 0 Å². The SMILES string of the molecule is CC(C)(C)OC(=O)N[C@@H]1C[C@@]12CCNC2. The second-order valence-corrected chi connectivity index (χ2v) is 5.69. The van der Waals surface area contributed by atoms with Crippen LogP contribution in [0.3, 0.4) is 0 Å². The van der Waals surface area contributed by atoms with Gasteiger partial charge in [0.05, 0.1) is 0 Å². The van der Waals surface area contributed by atoms with Gasteiger partial charge in [0.2, 0.25) is 0 Å². The first-order valence-electron chi connectivity index (χ1n) is 5.62. The zero-order valence-electron chi connectivity index (χ0n) is 9.72. The van der Waals surface area contributed by atoms with Crippen molar-refractivity contribution in [3.8, 4) is 0 Å². The Balaban J connectivity index is 1.77. The number of amides is 1. The van der Waals surface area contributed by atoms with Crippen LogP contribution in [0.1, 0.15) is 33.6 Å². The molecule has 2 atom stereocenters. The molecule has 1 heterocycles. The monoisotopic (exact) mass is 212 g/mol. The normalized spacial score (nSPS) is 34.2. The molecule has 15 heavy (non-hydrogen) atoms. The van der Waals surface area contributed by atoms with Gasteiger partial charge in [-0.2, -0.15) is 0 Å². The first-order chi connectivity index (χ1) is 6.91. The van der Waals surface area contributed by atoms with Crippen molar-refractivity contribution in [3.05, 3.63) is 0 Å². The molecular weight excluding hydrogens is 192 g/mol. The number of hydrogen-bond donors (Lipinski definition) is 2. The summed E-state index contributed by atoms with van der Waals surface area (Å²) in [6.07, 6.45) is 1.99. The third kappa shape index (κ3) is 2.43. The minimum Gasteiger partial charge on any atom is -0.444 e. The van der Waals surface area contributed by atoms with Gasteiger partial charge in [-0.3, -0.25) is 0 Å². The molecule has 0 bridgehead atoms. The Kier molecular flexibility index (Phi) is 2.41. The summed E-state index contributed by atoms with van der Waals surface area (Å²) in [6, 6.07) is 0.322. The standard InChI is InChI=1S/C11H20N2O2/c1-10(2,3)15-9(14)13-8-6-11(8)4-5-12-7-11/h8,12H,4-7H2,1-3H3,(H,13,14)/t8-,11-/m1/s1. The molecule has 1 spiro atoms. The van der Waals surface area contributed by atoms with Crippen LogP contribution in [0.2, 0.25) is 0 Å². The zero-order valence-corrected chi connectivity index (χ0v) is 9.72. The lowest BCUT2D eigenvalue weighted by atomic mass is 10.1. The van der Waals surface area contributed by atoms with Crippen molar-refractivity contribution < 1.29 is 9.53 Å². The molecule has 1 aliphatic heterocycles. The molecule has 2 aliphatic rings. The van der Waals surface area contributed by atoms with Crippen LogP contribution < -0.4 is 10.6 Å². The smallest absolute Gasteiger partial charge is 0.407 e. The Morgan fingerprint density at radius 2 is 2.27 bits per heavy atom. The molecule has 0 radical (unpaired) electrons. The fourth-order valence-corrected chi connectivity index (χ4v) is 2.24. The zero-order chi connectivity index (χ0) is 11.1. The van der Waals surface area contributed by atoms with Gasteiger partial charge in [0.15, 0.2) is 0 Å². The molecule has 1 saturated carbocycles. The van der Waals surface area contributed by atoms with Crippen LogP contribution in [0.5, 0.6) is 0 Å². The third-order valence-corrected chi connectivity index (χ3v) is 3.16. The lowest BCUT2D eigenvalue weighted by Gasteiger charge is -2.20. The van der Waals surface area contributed by atoms with Gasteiger partial charge < -0.3 is 15.4 Å². The van der Waals surface area contributed by atoms with Crippen molar-refractivity contribution >= 4 is 6.09 Å². The van der Waals surface area contributed by atoms with E-state index in [0.29, 0.717) is 11.5 Å². The van der Waals surface area contributed by atoms with Gasteiger partial charge in [0, 0.05) is 18.0 Å². The summed E-state index contributed by atoms with van der Waals surface area (Å²) in [6.45, 7) is 7.76. The number of rotatable bonds is 1. The molecule has 1 amide bonds. The first kappa shape index (κ1) is 10.7. The van der Waals surface area contributed by atoms with E-state index in [1.54, 1.807) is 0 Å². The van der Waals surface area contributed by atoms with Crippen LogP contribution in [0.4, 0.5) is 4.79 Å². The molecule has 0 aromatic carbocycles. The van der Waals surface area contributed by atoms with Crippen LogP contribution in [0, 0.1) is 5.41 Å². The van der Waals surface area contributed by atoms with E-state index in [1.165, 1.54) is 6.42 Å². The molecule has 0 aromatic heterocycles. The van der Waals surface area contributed by atoms with E-state index >= 15 is 0 Å². The molecule has 1 aliphatic carbocycles. The number of nitrogens with one attached hydrogen (secondary N) is 2. The maximum Gasteiger partial charge on any atom is 0.407 e. The van der Waals surface area contributed by atoms with E-state index < -0.39 is 5.60 Å². The van der Waals surface area contributed by atoms with E-state index in [-0.39, 0.29) is 6.09 Å². The summed E-state index contributed by atoms with van der Waals surface area (Å²) in [5.41, 5.74) is -0.0586. The molecule has 0 aromatic rings. The molecule has 2 N–H and O–H groups in total. The summed E-state index contributed by atoms with van der Waals surface area (Å²) in [5.74, 6) is 0. The highest BCUT2D eigenvalue weighted by Gasteiger charge is 2.56. The van der Waals surface area contributed by atoms with Crippen molar-refractivity contribution in [2.75, 3.05) is 13.1 Å². The number of carbonyl (C=O) groups is 1. The molecule has 0 unspecified atom stereocenters. The molecular formula is C11H20N2O2. The van der Waals surface area contributed by atoms with E-state index in [9.17, 15) is 4.79 Å². The number of alkyl carbamates (subject to hydrolysis) is 1. The van der Waals surface area contributed by atoms with Crippen LogP contribution in [0.15, 0.2) is 0 Å². The molecule has 4 nitrogen and oxygen atoms in total. The van der Waals surface area contributed by atoms with Gasteiger partial charge in [0.1, 0.15) is 5.60 Å². The Hall–Kier alpha value is -0.770. The van der Waals surface area contributed by atoms with Gasteiger partial charge in [-0.05, 0) is 40.2 Å². The molecule has 2 fully saturated rings.